The Bertz CT molecular complexity index is 1030. The summed E-state index contributed by atoms with van der Waals surface area (Å²) in [6, 6.07) is 11.4. The van der Waals surface area contributed by atoms with Crippen LogP contribution in [0.25, 0.3) is 0 Å². The van der Waals surface area contributed by atoms with E-state index in [-0.39, 0.29) is 18.4 Å². The van der Waals surface area contributed by atoms with Crippen LogP contribution in [0.5, 0.6) is 0 Å². The number of amides is 1. The lowest BCUT2D eigenvalue weighted by molar-refractivity contribution is -0.123. The number of piperidine rings is 1. The van der Waals surface area contributed by atoms with Crippen LogP contribution in [0.15, 0.2) is 41.3 Å². The van der Waals surface area contributed by atoms with E-state index >= 15 is 0 Å². The van der Waals surface area contributed by atoms with Crippen molar-refractivity contribution in [1.82, 2.24) is 4.31 Å². The predicted octanol–water partition coefficient (Wildman–Crippen LogP) is 3.98. The zero-order valence-electron chi connectivity index (χ0n) is 17.9. The highest BCUT2D eigenvalue weighted by atomic mass is 32.2. The number of hydrogen-bond acceptors (Lipinski definition) is 3. The van der Waals surface area contributed by atoms with E-state index in [1.807, 2.05) is 58.0 Å². The summed E-state index contributed by atoms with van der Waals surface area (Å²) < 4.78 is 28.0. The van der Waals surface area contributed by atoms with Gasteiger partial charge in [-0.05, 0) is 81.0 Å². The lowest BCUT2D eigenvalue weighted by Gasteiger charge is -2.33. The van der Waals surface area contributed by atoms with Gasteiger partial charge >= 0.3 is 0 Å². The highest BCUT2D eigenvalue weighted by Crippen LogP contribution is 2.28. The largest absolute Gasteiger partial charge is 0.315 e. The molecule has 0 unspecified atom stereocenters. The number of anilines is 1. The Hall–Kier alpha value is -2.18. The van der Waals surface area contributed by atoms with Crippen molar-refractivity contribution in [2.45, 2.75) is 45.4 Å². The van der Waals surface area contributed by atoms with Gasteiger partial charge in [-0.25, -0.2) is 8.42 Å². The number of hydrogen-bond donors (Lipinski definition) is 0. The number of aryl methyl sites for hydroxylation is 4. The summed E-state index contributed by atoms with van der Waals surface area (Å²) in [4.78, 5) is 15.1. The van der Waals surface area contributed by atoms with Gasteiger partial charge < -0.3 is 4.90 Å². The molecule has 6 heteroatoms. The fourth-order valence-electron chi connectivity index (χ4n) is 3.82. The average molecular weight is 415 g/mol. The van der Waals surface area contributed by atoms with Crippen LogP contribution in [-0.2, 0) is 14.8 Å². The Morgan fingerprint density at radius 1 is 1.00 bits per heavy atom. The van der Waals surface area contributed by atoms with Gasteiger partial charge in [0.15, 0.2) is 0 Å². The van der Waals surface area contributed by atoms with Crippen LogP contribution in [0.3, 0.4) is 0 Å². The van der Waals surface area contributed by atoms with Crippen molar-refractivity contribution in [3.05, 3.63) is 58.7 Å². The molecule has 0 saturated carbocycles. The van der Waals surface area contributed by atoms with Crippen molar-refractivity contribution in [1.29, 1.82) is 0 Å². The Kier molecular flexibility index (Phi) is 6.15. The van der Waals surface area contributed by atoms with Crippen LogP contribution in [0.2, 0.25) is 0 Å². The monoisotopic (exact) mass is 414 g/mol. The molecule has 0 N–H and O–H groups in total. The number of nitrogens with zero attached hydrogens (tertiary/aromatic N) is 2. The third kappa shape index (κ3) is 4.38. The molecule has 0 bridgehead atoms. The van der Waals surface area contributed by atoms with Crippen molar-refractivity contribution in [3.8, 4) is 0 Å². The van der Waals surface area contributed by atoms with Gasteiger partial charge in [-0.1, -0.05) is 18.2 Å². The summed E-state index contributed by atoms with van der Waals surface area (Å²) in [6.07, 6.45) is 1.38. The second kappa shape index (κ2) is 8.28. The number of benzene rings is 2. The molecule has 156 valence electrons. The molecule has 2 aromatic carbocycles. The lowest BCUT2D eigenvalue weighted by atomic mass is 9.98. The molecular formula is C23H30N2O3S. The molecule has 1 heterocycles. The molecule has 1 atom stereocenters. The van der Waals surface area contributed by atoms with Gasteiger partial charge in [0.05, 0.1) is 10.8 Å². The summed E-state index contributed by atoms with van der Waals surface area (Å²) in [5.74, 6) is -0.371. The van der Waals surface area contributed by atoms with E-state index in [0.717, 1.165) is 22.4 Å². The van der Waals surface area contributed by atoms with Crippen LogP contribution in [0.4, 0.5) is 5.69 Å². The van der Waals surface area contributed by atoms with E-state index in [4.69, 9.17) is 0 Å². The second-order valence-corrected chi connectivity index (χ2v) is 10.0. The van der Waals surface area contributed by atoms with Gasteiger partial charge in [-0.2, -0.15) is 4.31 Å². The third-order valence-electron chi connectivity index (χ3n) is 5.90. The molecule has 0 aromatic heterocycles. The molecular weight excluding hydrogens is 384 g/mol. The molecule has 0 radical (unpaired) electrons. The van der Waals surface area contributed by atoms with Gasteiger partial charge in [0.25, 0.3) is 0 Å². The first kappa shape index (κ1) is 21.5. The fraction of sp³-hybridized carbons (Fsp3) is 0.435. The standard InChI is InChI=1S/C23H30N2O3S/c1-16-8-9-18(3)22(13-16)29(27,28)25-12-6-7-20(15-25)23(26)24(5)21-11-10-17(2)19(4)14-21/h8-11,13-14,20H,6-7,12,15H2,1-5H3/t20-/m1/s1. The van der Waals surface area contributed by atoms with E-state index in [0.29, 0.717) is 24.3 Å². The quantitative estimate of drug-likeness (QED) is 0.760. The van der Waals surface area contributed by atoms with Crippen molar-refractivity contribution in [2.24, 2.45) is 5.92 Å². The van der Waals surface area contributed by atoms with Crippen LogP contribution in [0.1, 0.15) is 35.1 Å². The molecule has 5 nitrogen and oxygen atoms in total. The molecule has 0 aliphatic carbocycles. The molecule has 29 heavy (non-hydrogen) atoms. The van der Waals surface area contributed by atoms with Gasteiger partial charge in [0.1, 0.15) is 0 Å². The first-order valence-corrected chi connectivity index (χ1v) is 11.5. The minimum Gasteiger partial charge on any atom is -0.315 e. The maximum Gasteiger partial charge on any atom is 0.243 e. The highest BCUT2D eigenvalue weighted by molar-refractivity contribution is 7.89. The lowest BCUT2D eigenvalue weighted by Crippen LogP contribution is -2.46. The normalized spacial score (nSPS) is 17.9. The summed E-state index contributed by atoms with van der Waals surface area (Å²) in [5.41, 5.74) is 4.79. The van der Waals surface area contributed by atoms with Gasteiger partial charge in [0.2, 0.25) is 15.9 Å². The summed E-state index contributed by atoms with van der Waals surface area (Å²) in [6.45, 7) is 8.44. The molecule has 1 fully saturated rings. The maximum atomic E-state index is 13.3. The van der Waals surface area contributed by atoms with Crippen molar-refractivity contribution in [3.63, 3.8) is 0 Å². The first-order chi connectivity index (χ1) is 13.6. The van der Waals surface area contributed by atoms with E-state index in [1.165, 1.54) is 9.87 Å². The summed E-state index contributed by atoms with van der Waals surface area (Å²) >= 11 is 0. The van der Waals surface area contributed by atoms with Gasteiger partial charge in [-0.15, -0.1) is 0 Å². The number of rotatable bonds is 4. The number of sulfonamides is 1. The smallest absolute Gasteiger partial charge is 0.243 e. The van der Waals surface area contributed by atoms with Gasteiger partial charge in [0, 0.05) is 25.8 Å². The maximum absolute atomic E-state index is 13.3. The number of carbonyl (C=O) groups is 1. The minimum atomic E-state index is -3.62. The SMILES string of the molecule is Cc1ccc(C)c(S(=O)(=O)N2CCC[C@@H](C(=O)N(C)c3ccc(C)c(C)c3)C2)c1. The van der Waals surface area contributed by atoms with E-state index < -0.39 is 10.0 Å². The number of carbonyl (C=O) groups excluding carboxylic acids is 1. The van der Waals surface area contributed by atoms with Crippen LogP contribution in [0, 0.1) is 33.6 Å². The van der Waals surface area contributed by atoms with Crippen molar-refractivity contribution in [2.75, 3.05) is 25.0 Å². The molecule has 2 aromatic rings. The summed E-state index contributed by atoms with van der Waals surface area (Å²) in [5, 5.41) is 0. The molecule has 1 aliphatic rings. The topological polar surface area (TPSA) is 57.7 Å². The van der Waals surface area contributed by atoms with E-state index in [2.05, 4.69) is 0 Å². The van der Waals surface area contributed by atoms with Crippen molar-refractivity contribution < 1.29 is 13.2 Å². The fourth-order valence-corrected chi connectivity index (χ4v) is 5.66. The van der Waals surface area contributed by atoms with Crippen LogP contribution < -0.4 is 4.90 Å². The van der Waals surface area contributed by atoms with Gasteiger partial charge in [-0.3, -0.25) is 4.79 Å². The van der Waals surface area contributed by atoms with Crippen LogP contribution >= 0.6 is 0 Å². The van der Waals surface area contributed by atoms with Crippen molar-refractivity contribution >= 4 is 21.6 Å². The molecule has 1 aliphatic heterocycles. The molecule has 0 spiro atoms. The zero-order chi connectivity index (χ0) is 21.3. The summed E-state index contributed by atoms with van der Waals surface area (Å²) in [7, 11) is -1.85. The Morgan fingerprint density at radius 2 is 1.69 bits per heavy atom. The highest BCUT2D eigenvalue weighted by Gasteiger charge is 2.35. The Labute approximate surface area is 174 Å². The Balaban J connectivity index is 1.81. The predicted molar refractivity (Wildman–Crippen MR) is 117 cm³/mol. The molecule has 1 amide bonds. The van der Waals surface area contributed by atoms with E-state index in [9.17, 15) is 13.2 Å². The Morgan fingerprint density at radius 3 is 2.38 bits per heavy atom. The average Bonchev–Trinajstić information content (AvgIpc) is 2.70. The second-order valence-electron chi connectivity index (χ2n) is 8.14. The molecule has 1 saturated heterocycles. The first-order valence-electron chi connectivity index (χ1n) is 10.0. The zero-order valence-corrected chi connectivity index (χ0v) is 18.7. The third-order valence-corrected chi connectivity index (χ3v) is 7.91. The molecule has 3 rings (SSSR count). The van der Waals surface area contributed by atoms with E-state index in [1.54, 1.807) is 18.0 Å². The van der Waals surface area contributed by atoms with Crippen LogP contribution in [-0.4, -0.2) is 38.8 Å². The minimum absolute atomic E-state index is 0.0332.